The minimum Gasteiger partial charge on any atom is -0.459 e. The zero-order valence-corrected chi connectivity index (χ0v) is 11.7. The highest BCUT2D eigenvalue weighted by molar-refractivity contribution is 5.82. The van der Waals surface area contributed by atoms with E-state index in [-0.39, 0.29) is 12.3 Å². The van der Waals surface area contributed by atoms with Crippen LogP contribution in [-0.2, 0) is 6.54 Å². The van der Waals surface area contributed by atoms with Crippen molar-refractivity contribution in [3.63, 3.8) is 0 Å². The molecule has 2 aromatic heterocycles. The minimum atomic E-state index is -1.75. The van der Waals surface area contributed by atoms with Crippen LogP contribution in [0.5, 0.6) is 0 Å². The second-order valence-corrected chi connectivity index (χ2v) is 4.84. The Hall–Kier alpha value is -2.64. The Morgan fingerprint density at radius 2 is 1.70 bits per heavy atom. The highest BCUT2D eigenvalue weighted by Gasteiger charge is 2.21. The molecule has 23 heavy (non-hydrogen) atoms. The Labute approximate surface area is 126 Å². The van der Waals surface area contributed by atoms with Gasteiger partial charge < -0.3 is 9.73 Å². The molecule has 0 saturated heterocycles. The number of anilines is 1. The fourth-order valence-corrected chi connectivity index (χ4v) is 2.22. The fourth-order valence-electron chi connectivity index (χ4n) is 2.22. The molecule has 3 rings (SSSR count). The molecule has 120 valence electrons. The van der Waals surface area contributed by atoms with E-state index in [0.717, 1.165) is 0 Å². The smallest absolute Gasteiger partial charge is 0.253 e. The molecule has 0 amide bonds. The summed E-state index contributed by atoms with van der Waals surface area (Å²) in [7, 11) is 0. The van der Waals surface area contributed by atoms with Crippen LogP contribution in [0, 0.1) is 36.3 Å². The van der Waals surface area contributed by atoms with Gasteiger partial charge in [0.25, 0.3) is 11.9 Å². The predicted octanol–water partition coefficient (Wildman–Crippen LogP) is 4.44. The van der Waals surface area contributed by atoms with Gasteiger partial charge in [0.15, 0.2) is 0 Å². The van der Waals surface area contributed by atoms with Crippen molar-refractivity contribution in [2.45, 2.75) is 13.5 Å². The van der Waals surface area contributed by atoms with Gasteiger partial charge in [0.2, 0.25) is 11.6 Å². The van der Waals surface area contributed by atoms with Gasteiger partial charge in [-0.15, -0.1) is 0 Å². The summed E-state index contributed by atoms with van der Waals surface area (Å²) in [6.07, 6.45) is 0. The third-order valence-electron chi connectivity index (χ3n) is 3.42. The van der Waals surface area contributed by atoms with Gasteiger partial charge in [-0.25, -0.2) is 4.39 Å². The monoisotopic (exact) mass is 328 g/mol. The first-order valence-electron chi connectivity index (χ1n) is 6.50. The van der Waals surface area contributed by atoms with E-state index in [1.165, 1.54) is 18.2 Å². The van der Waals surface area contributed by atoms with Crippen LogP contribution in [0.3, 0.4) is 0 Å². The molecule has 1 N–H and O–H groups in total. The minimum absolute atomic E-state index is 0.251. The second-order valence-electron chi connectivity index (χ2n) is 4.84. The lowest BCUT2D eigenvalue weighted by Crippen LogP contribution is -2.09. The standard InChI is InChI=1S/C15H9F5N2O/c1-6-8-4-7(16)2-3-9(8)23-10(6)5-21-13-11(17)14(19)22-15(20)12(13)18/h2-4H,5H2,1H3,(H,21,22). The van der Waals surface area contributed by atoms with Crippen molar-refractivity contribution in [3.8, 4) is 0 Å². The maximum atomic E-state index is 13.5. The Morgan fingerprint density at radius 1 is 1.04 bits per heavy atom. The second kappa shape index (κ2) is 5.53. The largest absolute Gasteiger partial charge is 0.459 e. The fraction of sp³-hybridized carbons (Fsp3) is 0.133. The van der Waals surface area contributed by atoms with Crippen molar-refractivity contribution < 1.29 is 26.4 Å². The van der Waals surface area contributed by atoms with E-state index in [0.29, 0.717) is 16.5 Å². The predicted molar refractivity (Wildman–Crippen MR) is 72.3 cm³/mol. The van der Waals surface area contributed by atoms with Crippen molar-refractivity contribution in [1.82, 2.24) is 4.98 Å². The third-order valence-corrected chi connectivity index (χ3v) is 3.42. The van der Waals surface area contributed by atoms with Crippen molar-refractivity contribution >= 4 is 16.7 Å². The van der Waals surface area contributed by atoms with Gasteiger partial charge in [0, 0.05) is 10.9 Å². The molecular weight excluding hydrogens is 319 g/mol. The number of halogens is 5. The molecule has 0 saturated carbocycles. The van der Waals surface area contributed by atoms with Gasteiger partial charge in [0.1, 0.15) is 22.8 Å². The molecule has 0 atom stereocenters. The van der Waals surface area contributed by atoms with Crippen LogP contribution in [0.15, 0.2) is 22.6 Å². The number of nitrogens with zero attached hydrogens (tertiary/aromatic N) is 1. The highest BCUT2D eigenvalue weighted by Crippen LogP contribution is 2.28. The first-order chi connectivity index (χ1) is 10.9. The third kappa shape index (κ3) is 2.60. The van der Waals surface area contributed by atoms with Gasteiger partial charge in [-0.1, -0.05) is 0 Å². The maximum Gasteiger partial charge on any atom is 0.253 e. The first kappa shape index (κ1) is 15.3. The van der Waals surface area contributed by atoms with E-state index >= 15 is 0 Å². The number of hydrogen-bond acceptors (Lipinski definition) is 3. The SMILES string of the molecule is Cc1c(CNc2c(F)c(F)nc(F)c2F)oc2ccc(F)cc12. The molecule has 0 bridgehead atoms. The van der Waals surface area contributed by atoms with Crippen molar-refractivity contribution in [1.29, 1.82) is 0 Å². The Kier molecular flexibility index (Phi) is 3.67. The van der Waals surface area contributed by atoms with Crippen LogP contribution in [0.2, 0.25) is 0 Å². The molecule has 0 radical (unpaired) electrons. The van der Waals surface area contributed by atoms with E-state index < -0.39 is 35.0 Å². The van der Waals surface area contributed by atoms with E-state index in [9.17, 15) is 22.0 Å². The molecule has 3 nitrogen and oxygen atoms in total. The van der Waals surface area contributed by atoms with Crippen LogP contribution in [0.1, 0.15) is 11.3 Å². The van der Waals surface area contributed by atoms with Crippen LogP contribution in [0.25, 0.3) is 11.0 Å². The number of hydrogen-bond donors (Lipinski definition) is 1. The van der Waals surface area contributed by atoms with E-state index in [4.69, 9.17) is 4.42 Å². The zero-order chi connectivity index (χ0) is 16.7. The summed E-state index contributed by atoms with van der Waals surface area (Å²) in [5, 5.41) is 2.73. The number of aromatic nitrogens is 1. The number of rotatable bonds is 3. The normalized spacial score (nSPS) is 11.2. The molecule has 0 aliphatic heterocycles. The summed E-state index contributed by atoms with van der Waals surface area (Å²) in [5.41, 5.74) is -0.0578. The lowest BCUT2D eigenvalue weighted by atomic mass is 10.1. The molecule has 0 aliphatic carbocycles. The van der Waals surface area contributed by atoms with Crippen LogP contribution < -0.4 is 5.32 Å². The number of furan rings is 1. The molecular formula is C15H9F5N2O. The van der Waals surface area contributed by atoms with Crippen LogP contribution in [0.4, 0.5) is 27.6 Å². The molecule has 8 heteroatoms. The number of fused-ring (bicyclic) bond motifs is 1. The Bertz CT molecular complexity index is 881. The highest BCUT2D eigenvalue weighted by atomic mass is 19.2. The number of benzene rings is 1. The van der Waals surface area contributed by atoms with Gasteiger partial charge in [-0.05, 0) is 25.1 Å². The van der Waals surface area contributed by atoms with Gasteiger partial charge >= 0.3 is 0 Å². The number of aryl methyl sites for hydroxylation is 1. The summed E-state index contributed by atoms with van der Waals surface area (Å²) >= 11 is 0. The maximum absolute atomic E-state index is 13.5. The lowest BCUT2D eigenvalue weighted by molar-refractivity contribution is 0.410. The molecule has 0 fully saturated rings. The van der Waals surface area contributed by atoms with Gasteiger partial charge in [-0.2, -0.15) is 22.5 Å². The summed E-state index contributed by atoms with van der Waals surface area (Å²) in [4.78, 5) is 2.46. The van der Waals surface area contributed by atoms with E-state index in [1.807, 2.05) is 0 Å². The van der Waals surface area contributed by atoms with Crippen molar-refractivity contribution in [2.24, 2.45) is 0 Å². The molecule has 0 aliphatic rings. The molecule has 0 spiro atoms. The summed E-state index contributed by atoms with van der Waals surface area (Å²) in [6, 6.07) is 3.87. The Balaban J connectivity index is 1.94. The van der Waals surface area contributed by atoms with Crippen LogP contribution in [-0.4, -0.2) is 4.98 Å². The van der Waals surface area contributed by atoms with Crippen molar-refractivity contribution in [2.75, 3.05) is 5.32 Å². The van der Waals surface area contributed by atoms with E-state index in [1.54, 1.807) is 6.92 Å². The average molecular weight is 328 g/mol. The molecule has 1 aromatic carbocycles. The van der Waals surface area contributed by atoms with Crippen LogP contribution >= 0.6 is 0 Å². The summed E-state index contributed by atoms with van der Waals surface area (Å²) in [5.74, 6) is -6.99. The average Bonchev–Trinajstić information content (AvgIpc) is 2.82. The quantitative estimate of drug-likeness (QED) is 0.570. The van der Waals surface area contributed by atoms with Gasteiger partial charge in [-0.3, -0.25) is 0 Å². The lowest BCUT2D eigenvalue weighted by Gasteiger charge is -2.08. The first-order valence-corrected chi connectivity index (χ1v) is 6.50. The zero-order valence-electron chi connectivity index (χ0n) is 11.7. The topological polar surface area (TPSA) is 38.1 Å². The summed E-state index contributed by atoms with van der Waals surface area (Å²) < 4.78 is 71.8. The number of pyridine rings is 1. The van der Waals surface area contributed by atoms with Gasteiger partial charge in [0.05, 0.1) is 6.54 Å². The molecule has 3 aromatic rings. The molecule has 0 unspecified atom stereocenters. The number of nitrogens with one attached hydrogen (secondary N) is 1. The summed E-state index contributed by atoms with van der Waals surface area (Å²) in [6.45, 7) is 1.38. The van der Waals surface area contributed by atoms with Crippen molar-refractivity contribution in [3.05, 3.63) is 58.9 Å². The Morgan fingerprint density at radius 3 is 2.35 bits per heavy atom. The van der Waals surface area contributed by atoms with E-state index in [2.05, 4.69) is 10.3 Å². The molecule has 2 heterocycles.